The highest BCUT2D eigenvalue weighted by Gasteiger charge is 2.33. The average Bonchev–Trinajstić information content (AvgIpc) is 3.14. The van der Waals surface area contributed by atoms with Crippen molar-refractivity contribution in [1.82, 2.24) is 20.2 Å². The molecule has 0 spiro atoms. The number of thiocarbonyl (C=S) groups is 1. The number of hydrogen-bond donors (Lipinski definition) is 1. The molecule has 6 nitrogen and oxygen atoms in total. The van der Waals surface area contributed by atoms with Gasteiger partial charge in [0, 0.05) is 31.1 Å². The number of carbonyl (C=O) groups excluding carboxylic acids is 2. The van der Waals surface area contributed by atoms with E-state index in [0.717, 1.165) is 31.1 Å². The van der Waals surface area contributed by atoms with Gasteiger partial charge in [0.2, 0.25) is 0 Å². The second-order valence-corrected chi connectivity index (χ2v) is 8.26. The van der Waals surface area contributed by atoms with Crippen LogP contribution < -0.4 is 5.43 Å². The van der Waals surface area contributed by atoms with Gasteiger partial charge in [-0.2, -0.15) is 0 Å². The van der Waals surface area contributed by atoms with Gasteiger partial charge in [0.25, 0.3) is 11.8 Å². The quantitative estimate of drug-likeness (QED) is 0.624. The predicted molar refractivity (Wildman–Crippen MR) is 101 cm³/mol. The molecule has 1 N–H and O–H groups in total. The number of amides is 2. The largest absolute Gasteiger partial charge is 0.304 e. The third-order valence-corrected chi connectivity index (χ3v) is 5.98. The van der Waals surface area contributed by atoms with Gasteiger partial charge in [-0.05, 0) is 24.6 Å². The Morgan fingerprint density at radius 1 is 1.38 bits per heavy atom. The van der Waals surface area contributed by atoms with Crippen LogP contribution in [-0.2, 0) is 9.59 Å². The smallest absolute Gasteiger partial charge is 0.266 e. The minimum absolute atomic E-state index is 0.0429. The summed E-state index contributed by atoms with van der Waals surface area (Å²) < 4.78 is 0.427. The number of nitrogens with one attached hydrogen (secondary N) is 1. The van der Waals surface area contributed by atoms with Crippen LogP contribution in [0.3, 0.4) is 0 Å². The molecule has 9 heteroatoms. The van der Waals surface area contributed by atoms with Gasteiger partial charge in [-0.25, -0.2) is 5.01 Å². The van der Waals surface area contributed by atoms with Crippen LogP contribution in [0.5, 0.6) is 0 Å². The summed E-state index contributed by atoms with van der Waals surface area (Å²) >= 11 is 8.06. The summed E-state index contributed by atoms with van der Waals surface area (Å²) in [5.41, 5.74) is 2.86. The number of nitrogens with zero attached hydrogens (tertiary/aromatic N) is 3. The van der Waals surface area contributed by atoms with Gasteiger partial charge in [0.05, 0.1) is 4.91 Å². The minimum atomic E-state index is -0.215. The summed E-state index contributed by atoms with van der Waals surface area (Å²) in [6.45, 7) is 3.33. The number of piperazine rings is 1. The van der Waals surface area contributed by atoms with E-state index < -0.39 is 0 Å². The van der Waals surface area contributed by atoms with Crippen LogP contribution in [-0.4, -0.2) is 70.7 Å². The fourth-order valence-electron chi connectivity index (χ4n) is 2.41. The molecule has 2 fully saturated rings. The first kappa shape index (κ1) is 17.6. The van der Waals surface area contributed by atoms with Gasteiger partial charge in [-0.1, -0.05) is 30.0 Å². The van der Waals surface area contributed by atoms with Gasteiger partial charge in [-0.3, -0.25) is 19.9 Å². The van der Waals surface area contributed by atoms with Crippen LogP contribution in [0.1, 0.15) is 4.88 Å². The van der Waals surface area contributed by atoms with Crippen LogP contribution >= 0.6 is 35.3 Å². The lowest BCUT2D eigenvalue weighted by Crippen LogP contribution is -2.54. The van der Waals surface area contributed by atoms with Crippen molar-refractivity contribution in [2.45, 2.75) is 0 Å². The highest BCUT2D eigenvalue weighted by atomic mass is 32.2. The molecule has 2 aliphatic rings. The molecule has 2 saturated heterocycles. The SMILES string of the molecule is CN1CCN(NC(=O)CN2C(=O)/C(=C\c3cccs3)SC2=S)CC1. The zero-order valence-corrected chi connectivity index (χ0v) is 15.7. The van der Waals surface area contributed by atoms with E-state index in [1.165, 1.54) is 16.7 Å². The lowest BCUT2D eigenvalue weighted by Gasteiger charge is -2.32. The lowest BCUT2D eigenvalue weighted by molar-refractivity contribution is -0.132. The Kier molecular flexibility index (Phi) is 5.67. The van der Waals surface area contributed by atoms with Crippen molar-refractivity contribution in [3.8, 4) is 0 Å². The standard InChI is InChI=1S/C15H18N4O2S3/c1-17-4-6-18(7-5-17)16-13(20)10-19-14(21)12(24-15(19)22)9-11-3-2-8-23-11/h2-3,8-9H,4-7,10H2,1H3,(H,16,20)/b12-9+. The molecule has 2 amide bonds. The Balaban J connectivity index is 1.57. The van der Waals surface area contributed by atoms with Crippen molar-refractivity contribution >= 4 is 57.5 Å². The topological polar surface area (TPSA) is 55.9 Å². The summed E-state index contributed by atoms with van der Waals surface area (Å²) in [6.07, 6.45) is 1.82. The molecular weight excluding hydrogens is 364 g/mol. The van der Waals surface area contributed by atoms with E-state index in [2.05, 4.69) is 17.4 Å². The molecule has 1 aromatic heterocycles. The zero-order chi connectivity index (χ0) is 17.1. The highest BCUT2D eigenvalue weighted by molar-refractivity contribution is 8.26. The number of hydrazine groups is 1. The van der Waals surface area contributed by atoms with E-state index in [1.807, 2.05) is 28.6 Å². The second-order valence-electron chi connectivity index (χ2n) is 5.61. The van der Waals surface area contributed by atoms with Crippen molar-refractivity contribution in [1.29, 1.82) is 0 Å². The molecular formula is C15H18N4O2S3. The molecule has 128 valence electrons. The van der Waals surface area contributed by atoms with Crippen molar-refractivity contribution < 1.29 is 9.59 Å². The van der Waals surface area contributed by atoms with Gasteiger partial charge in [0.1, 0.15) is 10.9 Å². The van der Waals surface area contributed by atoms with E-state index in [1.54, 1.807) is 11.3 Å². The van der Waals surface area contributed by atoms with Crippen LogP contribution in [0.15, 0.2) is 22.4 Å². The maximum absolute atomic E-state index is 12.5. The van der Waals surface area contributed by atoms with E-state index in [-0.39, 0.29) is 18.4 Å². The average molecular weight is 383 g/mol. The maximum atomic E-state index is 12.5. The summed E-state index contributed by atoms with van der Waals surface area (Å²) in [4.78, 5) is 29.8. The molecule has 0 unspecified atom stereocenters. The van der Waals surface area contributed by atoms with Gasteiger partial charge in [0.15, 0.2) is 0 Å². The number of rotatable bonds is 4. The van der Waals surface area contributed by atoms with Crippen molar-refractivity contribution in [3.63, 3.8) is 0 Å². The molecule has 0 bridgehead atoms. The summed E-state index contributed by atoms with van der Waals surface area (Å²) in [5.74, 6) is -0.417. The molecule has 0 aliphatic carbocycles. The Morgan fingerprint density at radius 3 is 2.79 bits per heavy atom. The van der Waals surface area contributed by atoms with Crippen LogP contribution in [0, 0.1) is 0 Å². The third kappa shape index (κ3) is 4.22. The molecule has 0 aromatic carbocycles. The number of likely N-dealkylation sites (N-methyl/N-ethyl adjacent to an activating group) is 1. The van der Waals surface area contributed by atoms with E-state index in [4.69, 9.17) is 12.2 Å². The molecule has 0 atom stereocenters. The van der Waals surface area contributed by atoms with Gasteiger partial charge >= 0.3 is 0 Å². The first-order chi connectivity index (χ1) is 11.5. The van der Waals surface area contributed by atoms with Crippen LogP contribution in [0.25, 0.3) is 6.08 Å². The Morgan fingerprint density at radius 2 is 2.12 bits per heavy atom. The summed E-state index contributed by atoms with van der Waals surface area (Å²) in [6, 6.07) is 3.87. The fourth-order valence-corrected chi connectivity index (χ4v) is 4.39. The Labute approximate surface area is 154 Å². The third-order valence-electron chi connectivity index (χ3n) is 3.78. The molecule has 3 rings (SSSR count). The van der Waals surface area contributed by atoms with Crippen LogP contribution in [0.4, 0.5) is 0 Å². The predicted octanol–water partition coefficient (Wildman–Crippen LogP) is 1.23. The van der Waals surface area contributed by atoms with Crippen molar-refractivity contribution in [2.24, 2.45) is 0 Å². The van der Waals surface area contributed by atoms with Gasteiger partial charge < -0.3 is 4.90 Å². The van der Waals surface area contributed by atoms with E-state index >= 15 is 0 Å². The maximum Gasteiger partial charge on any atom is 0.266 e. The monoisotopic (exact) mass is 382 g/mol. The second kappa shape index (κ2) is 7.75. The first-order valence-corrected chi connectivity index (χ1v) is 9.65. The zero-order valence-electron chi connectivity index (χ0n) is 13.2. The van der Waals surface area contributed by atoms with Crippen LogP contribution in [0.2, 0.25) is 0 Å². The van der Waals surface area contributed by atoms with E-state index in [0.29, 0.717) is 9.23 Å². The molecule has 2 aliphatic heterocycles. The molecule has 0 radical (unpaired) electrons. The highest BCUT2D eigenvalue weighted by Crippen LogP contribution is 2.32. The molecule has 0 saturated carbocycles. The van der Waals surface area contributed by atoms with Gasteiger partial charge in [-0.15, -0.1) is 11.3 Å². The van der Waals surface area contributed by atoms with E-state index in [9.17, 15) is 9.59 Å². The summed E-state index contributed by atoms with van der Waals surface area (Å²) in [7, 11) is 2.05. The lowest BCUT2D eigenvalue weighted by atomic mass is 10.3. The molecule has 24 heavy (non-hydrogen) atoms. The number of thiophene rings is 1. The van der Waals surface area contributed by atoms with Crippen molar-refractivity contribution in [2.75, 3.05) is 39.8 Å². The fraction of sp³-hybridized carbons (Fsp3) is 0.400. The molecule has 3 heterocycles. The Hall–Kier alpha value is -1.26. The molecule has 1 aromatic rings. The Bertz CT molecular complexity index is 666. The number of carbonyl (C=O) groups is 2. The normalized spacial score (nSPS) is 21.7. The number of thioether (sulfide) groups is 1. The van der Waals surface area contributed by atoms with Crippen molar-refractivity contribution in [3.05, 3.63) is 27.3 Å². The first-order valence-electron chi connectivity index (χ1n) is 7.55. The minimum Gasteiger partial charge on any atom is -0.304 e. The number of hydrogen-bond acceptors (Lipinski definition) is 7. The summed E-state index contributed by atoms with van der Waals surface area (Å²) in [5, 5.41) is 3.84.